The molecule has 3 rings (SSSR count). The number of carbonyl (C=O) groups excluding carboxylic acids is 1. The van der Waals surface area contributed by atoms with Gasteiger partial charge < -0.3 is 5.32 Å². The number of hydrogen-bond acceptors (Lipinski definition) is 4. The van der Waals surface area contributed by atoms with Gasteiger partial charge in [-0.15, -0.1) is 10.2 Å². The minimum atomic E-state index is 0.0797. The highest BCUT2D eigenvalue weighted by Crippen LogP contribution is 2.29. The normalized spacial score (nSPS) is 23.0. The van der Waals surface area contributed by atoms with Crippen molar-refractivity contribution < 1.29 is 4.79 Å². The van der Waals surface area contributed by atoms with Crippen LogP contribution in [-0.2, 0) is 4.79 Å². The molecule has 0 saturated heterocycles. The molecule has 1 aromatic carbocycles. The number of nitrogens with zero attached hydrogens (tertiary/aromatic N) is 3. The maximum absolute atomic E-state index is 12.4. The maximum atomic E-state index is 12.4. The van der Waals surface area contributed by atoms with Gasteiger partial charge in [0.25, 0.3) is 0 Å². The van der Waals surface area contributed by atoms with Crippen molar-refractivity contribution in [1.82, 2.24) is 20.1 Å². The van der Waals surface area contributed by atoms with E-state index in [0.717, 1.165) is 17.3 Å². The van der Waals surface area contributed by atoms with Gasteiger partial charge in [-0.2, -0.15) is 0 Å². The molecule has 1 amide bonds. The predicted molar refractivity (Wildman–Crippen MR) is 106 cm³/mol. The Morgan fingerprint density at radius 1 is 1.31 bits per heavy atom. The van der Waals surface area contributed by atoms with Crippen molar-refractivity contribution in [2.45, 2.75) is 58.2 Å². The van der Waals surface area contributed by atoms with E-state index in [9.17, 15) is 4.79 Å². The zero-order chi connectivity index (χ0) is 18.7. The lowest BCUT2D eigenvalue weighted by Gasteiger charge is -2.34. The van der Waals surface area contributed by atoms with E-state index in [-0.39, 0.29) is 5.91 Å². The Morgan fingerprint density at radius 2 is 2.12 bits per heavy atom. The van der Waals surface area contributed by atoms with Crippen molar-refractivity contribution >= 4 is 17.7 Å². The average molecular weight is 373 g/mol. The lowest BCUT2D eigenvalue weighted by atomic mass is 9.78. The Morgan fingerprint density at radius 3 is 2.88 bits per heavy atom. The van der Waals surface area contributed by atoms with Gasteiger partial charge in [-0.3, -0.25) is 9.36 Å². The standard InChI is InChI=1S/C20H28N4OS/c1-13-8-9-18(15(3)10-13)24-12-21-23-20(24)26-11-19(25)22-17-7-5-6-14(2)16(17)4/h8-10,12,14,16-17H,5-7,11H2,1-4H3,(H,22,25). The van der Waals surface area contributed by atoms with Gasteiger partial charge in [0.1, 0.15) is 6.33 Å². The number of rotatable bonds is 5. The third kappa shape index (κ3) is 4.29. The monoisotopic (exact) mass is 372 g/mol. The van der Waals surface area contributed by atoms with E-state index in [1.54, 1.807) is 6.33 Å². The largest absolute Gasteiger partial charge is 0.352 e. The number of amides is 1. The van der Waals surface area contributed by atoms with E-state index in [1.165, 1.54) is 35.7 Å². The van der Waals surface area contributed by atoms with Crippen LogP contribution in [0.2, 0.25) is 0 Å². The smallest absolute Gasteiger partial charge is 0.230 e. The van der Waals surface area contributed by atoms with E-state index in [2.05, 4.69) is 61.4 Å². The molecule has 1 fully saturated rings. The summed E-state index contributed by atoms with van der Waals surface area (Å²) in [4.78, 5) is 12.4. The zero-order valence-electron chi connectivity index (χ0n) is 16.0. The highest BCUT2D eigenvalue weighted by Gasteiger charge is 2.28. The van der Waals surface area contributed by atoms with Crippen molar-refractivity contribution in [2.75, 3.05) is 5.75 Å². The van der Waals surface area contributed by atoms with E-state index in [4.69, 9.17) is 0 Å². The molecule has 26 heavy (non-hydrogen) atoms. The Bertz CT molecular complexity index is 773. The fourth-order valence-electron chi connectivity index (χ4n) is 3.73. The molecular formula is C20H28N4OS. The van der Waals surface area contributed by atoms with E-state index >= 15 is 0 Å². The topological polar surface area (TPSA) is 59.8 Å². The van der Waals surface area contributed by atoms with E-state index in [1.807, 2.05) is 4.57 Å². The van der Waals surface area contributed by atoms with Gasteiger partial charge in [-0.25, -0.2) is 0 Å². The fraction of sp³-hybridized carbons (Fsp3) is 0.550. The number of benzene rings is 1. The van der Waals surface area contributed by atoms with Crippen molar-refractivity contribution in [2.24, 2.45) is 11.8 Å². The summed E-state index contributed by atoms with van der Waals surface area (Å²) in [6.07, 6.45) is 5.26. The Balaban J connectivity index is 1.62. The number of hydrogen-bond donors (Lipinski definition) is 1. The first kappa shape index (κ1) is 19.0. The third-order valence-corrected chi connectivity index (χ3v) is 6.46. The quantitative estimate of drug-likeness (QED) is 0.808. The summed E-state index contributed by atoms with van der Waals surface area (Å²) < 4.78 is 1.96. The molecule has 0 radical (unpaired) electrons. The molecule has 140 valence electrons. The van der Waals surface area contributed by atoms with Crippen molar-refractivity contribution in [3.8, 4) is 5.69 Å². The van der Waals surface area contributed by atoms with Crippen LogP contribution < -0.4 is 5.32 Å². The van der Waals surface area contributed by atoms with Crippen LogP contribution in [0.15, 0.2) is 29.7 Å². The first-order valence-corrected chi connectivity index (χ1v) is 10.3. The van der Waals surface area contributed by atoms with Crippen molar-refractivity contribution in [3.05, 3.63) is 35.7 Å². The molecule has 3 atom stereocenters. The molecule has 6 heteroatoms. The van der Waals surface area contributed by atoms with Crippen LogP contribution in [0.25, 0.3) is 5.69 Å². The summed E-state index contributed by atoms with van der Waals surface area (Å²) in [7, 11) is 0. The molecule has 1 aliphatic carbocycles. The fourth-order valence-corrected chi connectivity index (χ4v) is 4.46. The molecule has 3 unspecified atom stereocenters. The van der Waals surface area contributed by atoms with Gasteiger partial charge in [0.15, 0.2) is 5.16 Å². The minimum Gasteiger partial charge on any atom is -0.352 e. The molecule has 0 spiro atoms. The number of aryl methyl sites for hydroxylation is 2. The van der Waals surface area contributed by atoms with Gasteiger partial charge in [0, 0.05) is 6.04 Å². The minimum absolute atomic E-state index is 0.0797. The Hall–Kier alpha value is -1.82. The number of thioether (sulfide) groups is 1. The second-order valence-electron chi connectivity index (χ2n) is 7.50. The number of nitrogens with one attached hydrogen (secondary N) is 1. The predicted octanol–water partition coefficient (Wildman–Crippen LogP) is 3.92. The highest BCUT2D eigenvalue weighted by molar-refractivity contribution is 7.99. The molecule has 1 aromatic heterocycles. The maximum Gasteiger partial charge on any atom is 0.230 e. The van der Waals surface area contributed by atoms with Crippen molar-refractivity contribution in [1.29, 1.82) is 0 Å². The molecular weight excluding hydrogens is 344 g/mol. The van der Waals surface area contributed by atoms with E-state index < -0.39 is 0 Å². The summed E-state index contributed by atoms with van der Waals surface area (Å²) in [5.74, 6) is 1.66. The van der Waals surface area contributed by atoms with Gasteiger partial charge in [-0.05, 0) is 43.7 Å². The number of aromatic nitrogens is 3. The van der Waals surface area contributed by atoms with Gasteiger partial charge in [-0.1, -0.05) is 56.1 Å². The van der Waals surface area contributed by atoms with Crippen LogP contribution in [0.3, 0.4) is 0 Å². The van der Waals surface area contributed by atoms with Gasteiger partial charge >= 0.3 is 0 Å². The summed E-state index contributed by atoms with van der Waals surface area (Å²) in [5, 5.41) is 12.2. The molecule has 5 nitrogen and oxygen atoms in total. The summed E-state index contributed by atoms with van der Waals surface area (Å²) in [5.41, 5.74) is 3.45. The van der Waals surface area contributed by atoms with Crippen molar-refractivity contribution in [3.63, 3.8) is 0 Å². The van der Waals surface area contributed by atoms with Crippen LogP contribution in [-0.4, -0.2) is 32.5 Å². The van der Waals surface area contributed by atoms with E-state index in [0.29, 0.717) is 23.6 Å². The summed E-state index contributed by atoms with van der Waals surface area (Å²) >= 11 is 1.44. The summed E-state index contributed by atoms with van der Waals surface area (Å²) in [6.45, 7) is 8.69. The van der Waals surface area contributed by atoms with Gasteiger partial charge in [0.05, 0.1) is 11.4 Å². The molecule has 0 bridgehead atoms. The second kappa shape index (κ2) is 8.25. The Kier molecular flexibility index (Phi) is 6.01. The molecule has 1 N–H and O–H groups in total. The summed E-state index contributed by atoms with van der Waals surface area (Å²) in [6, 6.07) is 6.59. The lowest BCUT2D eigenvalue weighted by Crippen LogP contribution is -2.44. The van der Waals surface area contributed by atoms with Crippen LogP contribution >= 0.6 is 11.8 Å². The molecule has 1 aliphatic rings. The molecule has 1 saturated carbocycles. The first-order chi connectivity index (χ1) is 12.5. The van der Waals surface area contributed by atoms with Crippen LogP contribution in [0.4, 0.5) is 0 Å². The Labute approximate surface area is 160 Å². The highest BCUT2D eigenvalue weighted by atomic mass is 32.2. The third-order valence-electron chi connectivity index (χ3n) is 5.51. The van der Waals surface area contributed by atoms with Gasteiger partial charge in [0.2, 0.25) is 5.91 Å². The second-order valence-corrected chi connectivity index (χ2v) is 8.45. The number of carbonyl (C=O) groups is 1. The molecule has 1 heterocycles. The molecule has 0 aliphatic heterocycles. The van der Waals surface area contributed by atoms with Crippen LogP contribution in [0.1, 0.15) is 44.2 Å². The van der Waals surface area contributed by atoms with Crippen LogP contribution in [0, 0.1) is 25.7 Å². The van der Waals surface area contributed by atoms with Crippen LogP contribution in [0.5, 0.6) is 0 Å². The SMILES string of the molecule is Cc1ccc(-n2cnnc2SCC(=O)NC2CCCC(C)C2C)c(C)c1. The zero-order valence-corrected chi connectivity index (χ0v) is 16.8. The first-order valence-electron chi connectivity index (χ1n) is 9.35. The average Bonchev–Trinajstić information content (AvgIpc) is 3.05. The lowest BCUT2D eigenvalue weighted by molar-refractivity contribution is -0.120. The molecule has 2 aromatic rings.